The average molecular weight is 390 g/mol. The zero-order valence-corrected chi connectivity index (χ0v) is 17.7. The second-order valence-electron chi connectivity index (χ2n) is 7.82. The molecular formula is C21H35N5O2. The van der Waals surface area contributed by atoms with Gasteiger partial charge in [0.15, 0.2) is 5.96 Å². The van der Waals surface area contributed by atoms with Crippen LogP contribution in [-0.4, -0.2) is 82.3 Å². The average Bonchev–Trinajstić information content (AvgIpc) is 3.33. The Labute approximate surface area is 169 Å². The normalized spacial score (nSPS) is 23.8. The van der Waals surface area contributed by atoms with E-state index in [1.807, 2.05) is 13.1 Å². The van der Waals surface area contributed by atoms with E-state index in [1.165, 1.54) is 24.9 Å². The lowest BCUT2D eigenvalue weighted by Gasteiger charge is -2.23. The van der Waals surface area contributed by atoms with Gasteiger partial charge in [-0.3, -0.25) is 9.89 Å². The molecule has 7 nitrogen and oxygen atoms in total. The topological polar surface area (TPSA) is 61.4 Å². The Bertz CT molecular complexity index is 644. The third kappa shape index (κ3) is 5.52. The summed E-state index contributed by atoms with van der Waals surface area (Å²) in [7, 11) is 7.44. The van der Waals surface area contributed by atoms with Crippen molar-refractivity contribution >= 4 is 5.96 Å². The molecule has 0 spiro atoms. The molecule has 2 saturated heterocycles. The summed E-state index contributed by atoms with van der Waals surface area (Å²) in [4.78, 5) is 9.31. The van der Waals surface area contributed by atoms with E-state index < -0.39 is 0 Å². The summed E-state index contributed by atoms with van der Waals surface area (Å²) in [6.45, 7) is 5.12. The van der Waals surface area contributed by atoms with Gasteiger partial charge in [0.25, 0.3) is 0 Å². The van der Waals surface area contributed by atoms with Gasteiger partial charge in [-0.15, -0.1) is 0 Å². The zero-order valence-electron chi connectivity index (χ0n) is 17.7. The summed E-state index contributed by atoms with van der Waals surface area (Å²) < 4.78 is 10.8. The van der Waals surface area contributed by atoms with E-state index in [-0.39, 0.29) is 0 Å². The third-order valence-electron chi connectivity index (χ3n) is 5.83. The van der Waals surface area contributed by atoms with E-state index in [0.29, 0.717) is 12.1 Å². The molecule has 2 N–H and O–H groups in total. The number of rotatable bonds is 7. The number of nitrogens with one attached hydrogen (secondary N) is 2. The van der Waals surface area contributed by atoms with Crippen LogP contribution in [0.3, 0.4) is 0 Å². The highest BCUT2D eigenvalue weighted by Crippen LogP contribution is 2.24. The van der Waals surface area contributed by atoms with Crippen LogP contribution in [0.1, 0.15) is 24.8 Å². The summed E-state index contributed by atoms with van der Waals surface area (Å²) in [5.41, 5.74) is 1.21. The van der Waals surface area contributed by atoms with E-state index in [9.17, 15) is 0 Å². The van der Waals surface area contributed by atoms with Gasteiger partial charge < -0.3 is 25.0 Å². The molecule has 2 aliphatic rings. The zero-order chi connectivity index (χ0) is 19.9. The predicted molar refractivity (Wildman–Crippen MR) is 113 cm³/mol. The molecule has 0 aliphatic carbocycles. The van der Waals surface area contributed by atoms with Crippen LogP contribution < -0.4 is 20.1 Å². The number of benzene rings is 1. The van der Waals surface area contributed by atoms with Crippen molar-refractivity contribution in [2.45, 2.75) is 37.9 Å². The number of likely N-dealkylation sites (tertiary alicyclic amines) is 2. The Morgan fingerprint density at radius 2 is 1.89 bits per heavy atom. The van der Waals surface area contributed by atoms with E-state index in [0.717, 1.165) is 50.1 Å². The molecule has 2 atom stereocenters. The van der Waals surface area contributed by atoms with Crippen LogP contribution >= 0.6 is 0 Å². The summed E-state index contributed by atoms with van der Waals surface area (Å²) in [6.07, 6.45) is 3.67. The summed E-state index contributed by atoms with van der Waals surface area (Å²) in [5.74, 6) is 2.59. The van der Waals surface area contributed by atoms with Crippen molar-refractivity contribution in [2.75, 3.05) is 54.5 Å². The molecule has 0 bridgehead atoms. The molecule has 2 heterocycles. The highest BCUT2D eigenvalue weighted by Gasteiger charge is 2.25. The number of aliphatic imine (C=N–C) groups is 1. The van der Waals surface area contributed by atoms with Crippen LogP contribution in [0, 0.1) is 0 Å². The standard InChI is InChI=1S/C21H35N5O2/c1-22-21(23-13-18-6-5-8-25(18)2)24-17-7-9-26(15-17)14-16-10-19(27-3)12-20(11-16)28-4/h10-12,17-18H,5-9,13-15H2,1-4H3,(H2,22,23,24). The Hall–Kier alpha value is -1.99. The summed E-state index contributed by atoms with van der Waals surface area (Å²) in [5, 5.41) is 7.10. The molecule has 0 radical (unpaired) electrons. The van der Waals surface area contributed by atoms with E-state index in [4.69, 9.17) is 9.47 Å². The lowest BCUT2D eigenvalue weighted by atomic mass is 10.2. The number of ether oxygens (including phenoxy) is 2. The Kier molecular flexibility index (Phi) is 7.39. The van der Waals surface area contributed by atoms with Crippen LogP contribution in [0.25, 0.3) is 0 Å². The highest BCUT2D eigenvalue weighted by atomic mass is 16.5. The van der Waals surface area contributed by atoms with Crippen molar-refractivity contribution in [2.24, 2.45) is 4.99 Å². The second kappa shape index (κ2) is 9.98. The lowest BCUT2D eigenvalue weighted by molar-refractivity contribution is 0.308. The third-order valence-corrected chi connectivity index (χ3v) is 5.83. The predicted octanol–water partition coefficient (Wildman–Crippen LogP) is 1.54. The first-order chi connectivity index (χ1) is 13.6. The number of guanidine groups is 1. The quantitative estimate of drug-likeness (QED) is 0.545. The molecule has 28 heavy (non-hydrogen) atoms. The van der Waals surface area contributed by atoms with Crippen LogP contribution in [0.15, 0.2) is 23.2 Å². The minimum Gasteiger partial charge on any atom is -0.497 e. The number of hydrogen-bond acceptors (Lipinski definition) is 5. The largest absolute Gasteiger partial charge is 0.497 e. The van der Waals surface area contributed by atoms with Crippen molar-refractivity contribution in [3.63, 3.8) is 0 Å². The van der Waals surface area contributed by atoms with Crippen LogP contribution in [0.4, 0.5) is 0 Å². The minimum atomic E-state index is 0.417. The van der Waals surface area contributed by atoms with Crippen molar-refractivity contribution in [1.82, 2.24) is 20.4 Å². The van der Waals surface area contributed by atoms with Gasteiger partial charge in [0.1, 0.15) is 11.5 Å². The molecule has 2 aliphatic heterocycles. The number of hydrogen-bond donors (Lipinski definition) is 2. The molecule has 1 aromatic rings. The van der Waals surface area contributed by atoms with Crippen LogP contribution in [0.2, 0.25) is 0 Å². The van der Waals surface area contributed by atoms with Gasteiger partial charge >= 0.3 is 0 Å². The maximum Gasteiger partial charge on any atom is 0.191 e. The summed E-state index contributed by atoms with van der Waals surface area (Å²) in [6, 6.07) is 7.11. The smallest absolute Gasteiger partial charge is 0.191 e. The van der Waals surface area contributed by atoms with Crippen molar-refractivity contribution in [1.29, 1.82) is 0 Å². The Morgan fingerprint density at radius 1 is 1.14 bits per heavy atom. The van der Waals surface area contributed by atoms with Gasteiger partial charge in [-0.25, -0.2) is 0 Å². The molecule has 2 unspecified atom stereocenters. The molecule has 0 aromatic heterocycles. The fourth-order valence-corrected chi connectivity index (χ4v) is 4.15. The Morgan fingerprint density at radius 3 is 2.50 bits per heavy atom. The van der Waals surface area contributed by atoms with Gasteiger partial charge in [0.2, 0.25) is 0 Å². The fourth-order valence-electron chi connectivity index (χ4n) is 4.15. The molecule has 0 amide bonds. The summed E-state index contributed by atoms with van der Waals surface area (Å²) >= 11 is 0. The molecule has 3 rings (SSSR count). The van der Waals surface area contributed by atoms with Gasteiger partial charge in [-0.05, 0) is 50.6 Å². The van der Waals surface area contributed by atoms with Gasteiger partial charge in [-0.1, -0.05) is 0 Å². The van der Waals surface area contributed by atoms with E-state index >= 15 is 0 Å². The van der Waals surface area contributed by atoms with Crippen LogP contribution in [0.5, 0.6) is 11.5 Å². The van der Waals surface area contributed by atoms with E-state index in [1.54, 1.807) is 14.2 Å². The highest BCUT2D eigenvalue weighted by molar-refractivity contribution is 5.80. The van der Waals surface area contributed by atoms with E-state index in [2.05, 4.69) is 44.6 Å². The molecule has 0 saturated carbocycles. The van der Waals surface area contributed by atoms with Crippen LogP contribution in [-0.2, 0) is 6.54 Å². The fraction of sp³-hybridized carbons (Fsp3) is 0.667. The van der Waals surface area contributed by atoms with Crippen molar-refractivity contribution < 1.29 is 9.47 Å². The molecule has 156 valence electrons. The maximum atomic E-state index is 5.39. The van der Waals surface area contributed by atoms with Crippen molar-refractivity contribution in [3.05, 3.63) is 23.8 Å². The number of likely N-dealkylation sites (N-methyl/N-ethyl adjacent to an activating group) is 1. The molecular weight excluding hydrogens is 354 g/mol. The second-order valence-corrected chi connectivity index (χ2v) is 7.82. The monoisotopic (exact) mass is 389 g/mol. The number of methoxy groups -OCH3 is 2. The minimum absolute atomic E-state index is 0.417. The van der Waals surface area contributed by atoms with Crippen molar-refractivity contribution in [3.8, 4) is 11.5 Å². The van der Waals surface area contributed by atoms with Gasteiger partial charge in [0.05, 0.1) is 14.2 Å². The first-order valence-corrected chi connectivity index (χ1v) is 10.2. The first kappa shape index (κ1) is 20.7. The van der Waals surface area contributed by atoms with Gasteiger partial charge in [0, 0.05) is 51.4 Å². The molecule has 7 heteroatoms. The molecule has 2 fully saturated rings. The molecule has 1 aromatic carbocycles. The number of nitrogens with zero attached hydrogens (tertiary/aromatic N) is 3. The lowest BCUT2D eigenvalue weighted by Crippen LogP contribution is -2.48. The maximum absolute atomic E-state index is 5.39. The first-order valence-electron chi connectivity index (χ1n) is 10.2. The SMILES string of the molecule is CN=C(NCC1CCCN1C)NC1CCN(Cc2cc(OC)cc(OC)c2)C1. The van der Waals surface area contributed by atoms with Gasteiger partial charge in [-0.2, -0.15) is 0 Å². The Balaban J connectivity index is 1.48.